The molecule has 0 saturated carbocycles. The van der Waals surface area contributed by atoms with Crippen LogP contribution in [0.1, 0.15) is 79.2 Å². The normalized spacial score (nSPS) is 14.9. The molecule has 0 aromatic heterocycles. The fraction of sp³-hybridized carbons (Fsp3) is 0.600. The molecule has 0 bridgehead atoms. The number of carbonyl (C=O) groups excluding carboxylic acids is 3. The molecular weight excluding hydrogens is 442 g/mol. The van der Waals surface area contributed by atoms with Crippen molar-refractivity contribution in [1.82, 2.24) is 0 Å². The molecule has 9 heteroatoms. The molecule has 9 nitrogen and oxygen atoms in total. The van der Waals surface area contributed by atoms with E-state index in [9.17, 15) is 24.3 Å². The van der Waals surface area contributed by atoms with Crippen molar-refractivity contribution in [1.29, 1.82) is 0 Å². The second-order valence-corrected chi connectivity index (χ2v) is 9.54. The molecule has 1 rings (SSSR count). The second kappa shape index (κ2) is 12.5. The summed E-state index contributed by atoms with van der Waals surface area (Å²) in [5.41, 5.74) is 6.23. The zero-order chi connectivity index (χ0) is 26.2. The summed E-state index contributed by atoms with van der Waals surface area (Å²) in [5, 5.41) is 9.65. The molecule has 0 aliphatic carbocycles. The summed E-state index contributed by atoms with van der Waals surface area (Å²) >= 11 is 0. The maximum Gasteiger partial charge on any atom is 0.321 e. The number of carbonyl (C=O) groups is 4. The Bertz CT molecular complexity index is 889. The monoisotopic (exact) mass is 479 g/mol. The van der Waals surface area contributed by atoms with Crippen LogP contribution in [-0.4, -0.2) is 41.1 Å². The Labute approximate surface area is 200 Å². The van der Waals surface area contributed by atoms with E-state index >= 15 is 0 Å². The zero-order valence-corrected chi connectivity index (χ0v) is 21.0. The summed E-state index contributed by atoms with van der Waals surface area (Å²) in [5.74, 6) is -3.99. The maximum absolute atomic E-state index is 12.3. The minimum Gasteiger partial charge on any atom is -0.480 e. The Morgan fingerprint density at radius 2 is 1.47 bits per heavy atom. The summed E-state index contributed by atoms with van der Waals surface area (Å²) in [6.45, 7) is 12.4. The fourth-order valence-corrected chi connectivity index (χ4v) is 3.36. The number of hydrogen-bond donors (Lipinski definition) is 2. The summed E-state index contributed by atoms with van der Waals surface area (Å²) in [4.78, 5) is 47.9. The van der Waals surface area contributed by atoms with Crippen LogP contribution in [0.4, 0.5) is 0 Å². The molecule has 4 atom stereocenters. The first-order chi connectivity index (χ1) is 15.7. The van der Waals surface area contributed by atoms with Crippen LogP contribution < -0.4 is 15.2 Å². The third-order valence-electron chi connectivity index (χ3n) is 5.35. The number of rotatable bonds is 11. The average Bonchev–Trinajstić information content (AvgIpc) is 2.73. The summed E-state index contributed by atoms with van der Waals surface area (Å²) in [6.07, 6.45) is -0.247. The van der Waals surface area contributed by atoms with Crippen molar-refractivity contribution < 1.29 is 38.5 Å². The third-order valence-corrected chi connectivity index (χ3v) is 5.35. The summed E-state index contributed by atoms with van der Waals surface area (Å²) in [6, 6.07) is 3.11. The molecule has 34 heavy (non-hydrogen) atoms. The van der Waals surface area contributed by atoms with E-state index in [2.05, 4.69) is 0 Å². The molecule has 3 N–H and O–H groups in total. The van der Waals surface area contributed by atoms with Gasteiger partial charge < -0.3 is 25.1 Å². The first-order valence-electron chi connectivity index (χ1n) is 11.4. The van der Waals surface area contributed by atoms with E-state index in [1.54, 1.807) is 33.8 Å². The Kier molecular flexibility index (Phi) is 10.7. The number of hydrogen-bond acceptors (Lipinski definition) is 8. The number of esters is 3. The van der Waals surface area contributed by atoms with Gasteiger partial charge in [0, 0.05) is 24.7 Å². The van der Waals surface area contributed by atoms with E-state index < -0.39 is 47.9 Å². The van der Waals surface area contributed by atoms with Gasteiger partial charge in [-0.3, -0.25) is 19.2 Å². The Morgan fingerprint density at radius 3 is 1.94 bits per heavy atom. The fourth-order valence-electron chi connectivity index (χ4n) is 3.36. The van der Waals surface area contributed by atoms with Crippen molar-refractivity contribution in [3.8, 4) is 11.5 Å². The smallest absolute Gasteiger partial charge is 0.321 e. The quantitative estimate of drug-likeness (QED) is 0.358. The van der Waals surface area contributed by atoms with Gasteiger partial charge in [0.25, 0.3) is 0 Å². The van der Waals surface area contributed by atoms with Gasteiger partial charge in [0.1, 0.15) is 12.1 Å². The molecule has 0 aliphatic rings. The van der Waals surface area contributed by atoms with Crippen molar-refractivity contribution >= 4 is 23.9 Å². The highest BCUT2D eigenvalue weighted by molar-refractivity contribution is 5.77. The SMILES string of the molecule is CCC(=O)Oc1ccc(C(C(C)C(C)OC(=O)CC(C)(C)C)[C@H](N)C(=O)O)cc1OC(=O)CC. The molecular formula is C25H37NO8. The Morgan fingerprint density at radius 1 is 0.941 bits per heavy atom. The van der Waals surface area contributed by atoms with Crippen molar-refractivity contribution in [2.24, 2.45) is 17.1 Å². The minimum absolute atomic E-state index is 0.0154. The summed E-state index contributed by atoms with van der Waals surface area (Å²) in [7, 11) is 0. The minimum atomic E-state index is -1.34. The average molecular weight is 480 g/mol. The lowest BCUT2D eigenvalue weighted by Crippen LogP contribution is -2.42. The number of aliphatic carboxylic acids is 1. The highest BCUT2D eigenvalue weighted by atomic mass is 16.6. The highest BCUT2D eigenvalue weighted by Crippen LogP contribution is 2.37. The van der Waals surface area contributed by atoms with E-state index in [1.807, 2.05) is 20.8 Å². The Balaban J connectivity index is 3.38. The van der Waals surface area contributed by atoms with Gasteiger partial charge in [-0.05, 0) is 30.0 Å². The van der Waals surface area contributed by atoms with Crippen LogP contribution >= 0.6 is 0 Å². The predicted molar refractivity (Wildman–Crippen MR) is 125 cm³/mol. The van der Waals surface area contributed by atoms with Gasteiger partial charge in [-0.1, -0.05) is 47.6 Å². The maximum atomic E-state index is 12.3. The first kappa shape index (κ1) is 29.1. The molecule has 1 aromatic rings. The van der Waals surface area contributed by atoms with E-state index in [0.717, 1.165) is 0 Å². The van der Waals surface area contributed by atoms with Crippen LogP contribution in [0.25, 0.3) is 0 Å². The van der Waals surface area contributed by atoms with E-state index in [1.165, 1.54) is 12.1 Å². The van der Waals surface area contributed by atoms with Gasteiger partial charge >= 0.3 is 23.9 Å². The van der Waals surface area contributed by atoms with Crippen LogP contribution in [0, 0.1) is 11.3 Å². The van der Waals surface area contributed by atoms with E-state index in [4.69, 9.17) is 19.9 Å². The molecule has 0 amide bonds. The molecule has 0 radical (unpaired) electrons. The molecule has 0 saturated heterocycles. The first-order valence-corrected chi connectivity index (χ1v) is 11.4. The van der Waals surface area contributed by atoms with Gasteiger partial charge in [0.15, 0.2) is 11.5 Å². The molecule has 0 aliphatic heterocycles. The standard InChI is InChI=1S/C25H37NO8/c1-8-19(27)33-17-11-10-16(12-18(17)34-20(28)9-2)22(23(26)24(30)31)14(3)15(4)32-21(29)13-25(5,6)7/h10-12,14-15,22-23H,8-9,13,26H2,1-7H3,(H,30,31)/t14?,15?,22?,23-/m0/s1. The van der Waals surface area contributed by atoms with Crippen molar-refractivity contribution in [2.45, 2.75) is 85.8 Å². The number of carboxylic acids is 1. The molecule has 0 heterocycles. The lowest BCUT2D eigenvalue weighted by molar-refractivity contribution is -0.153. The number of benzene rings is 1. The van der Waals surface area contributed by atoms with Crippen LogP contribution in [-0.2, 0) is 23.9 Å². The number of nitrogens with two attached hydrogens (primary N) is 1. The second-order valence-electron chi connectivity index (χ2n) is 9.54. The molecule has 3 unspecified atom stereocenters. The van der Waals surface area contributed by atoms with Crippen molar-refractivity contribution in [2.75, 3.05) is 0 Å². The molecule has 0 fully saturated rings. The lowest BCUT2D eigenvalue weighted by atomic mass is 9.79. The topological polar surface area (TPSA) is 142 Å². The highest BCUT2D eigenvalue weighted by Gasteiger charge is 2.36. The van der Waals surface area contributed by atoms with Gasteiger partial charge in [-0.25, -0.2) is 0 Å². The van der Waals surface area contributed by atoms with Crippen LogP contribution in [0.2, 0.25) is 0 Å². The molecule has 190 valence electrons. The number of ether oxygens (including phenoxy) is 3. The molecule has 0 spiro atoms. The van der Waals surface area contributed by atoms with Crippen LogP contribution in [0.5, 0.6) is 11.5 Å². The third kappa shape index (κ3) is 8.78. The van der Waals surface area contributed by atoms with Gasteiger partial charge in [0.05, 0.1) is 6.42 Å². The van der Waals surface area contributed by atoms with Crippen molar-refractivity contribution in [3.05, 3.63) is 23.8 Å². The lowest BCUT2D eigenvalue weighted by Gasteiger charge is -2.32. The van der Waals surface area contributed by atoms with Gasteiger partial charge in [-0.2, -0.15) is 0 Å². The van der Waals surface area contributed by atoms with Crippen molar-refractivity contribution in [3.63, 3.8) is 0 Å². The van der Waals surface area contributed by atoms with Crippen LogP contribution in [0.3, 0.4) is 0 Å². The van der Waals surface area contributed by atoms with Gasteiger partial charge in [0.2, 0.25) is 0 Å². The zero-order valence-electron chi connectivity index (χ0n) is 21.0. The van der Waals surface area contributed by atoms with E-state index in [-0.39, 0.29) is 36.2 Å². The largest absolute Gasteiger partial charge is 0.480 e. The number of carboxylic acid groups (broad SMARTS) is 1. The molecule has 1 aromatic carbocycles. The van der Waals surface area contributed by atoms with Gasteiger partial charge in [-0.15, -0.1) is 0 Å². The van der Waals surface area contributed by atoms with Crippen LogP contribution in [0.15, 0.2) is 18.2 Å². The van der Waals surface area contributed by atoms with E-state index in [0.29, 0.717) is 5.56 Å². The summed E-state index contributed by atoms with van der Waals surface area (Å²) < 4.78 is 16.2. The Hall–Kier alpha value is -2.94. The predicted octanol–water partition coefficient (Wildman–Crippen LogP) is 3.82.